The summed E-state index contributed by atoms with van der Waals surface area (Å²) in [5.74, 6) is -1.81. The molecule has 1 saturated heterocycles. The van der Waals surface area contributed by atoms with Crippen molar-refractivity contribution in [3.8, 4) is 0 Å². The molecule has 2 aromatic rings. The van der Waals surface area contributed by atoms with Crippen molar-refractivity contribution < 1.29 is 19.2 Å². The van der Waals surface area contributed by atoms with Crippen molar-refractivity contribution in [1.82, 2.24) is 5.06 Å². The number of anilines is 1. The number of amides is 2. The number of azo groups is 1. The lowest BCUT2D eigenvalue weighted by molar-refractivity contribution is -0.172. The second-order valence-electron chi connectivity index (χ2n) is 6.12. The first-order chi connectivity index (χ1) is 12.9. The minimum atomic E-state index is -0.777. The van der Waals surface area contributed by atoms with Gasteiger partial charge in [0.1, 0.15) is 0 Å². The smallest absolute Gasteiger partial charge is 0.363 e. The van der Waals surface area contributed by atoms with Crippen LogP contribution in [0.4, 0.5) is 17.1 Å². The summed E-state index contributed by atoms with van der Waals surface area (Å²) in [6, 6.07) is 13.8. The molecule has 2 amide bonds. The van der Waals surface area contributed by atoms with E-state index in [1.165, 1.54) is 12.1 Å². The lowest BCUT2D eigenvalue weighted by Crippen LogP contribution is -2.32. The Kier molecular flexibility index (Phi) is 5.25. The predicted octanol–water partition coefficient (Wildman–Crippen LogP) is 3.39. The van der Waals surface area contributed by atoms with E-state index in [0.717, 1.165) is 5.69 Å². The van der Waals surface area contributed by atoms with E-state index in [9.17, 15) is 14.4 Å². The zero-order chi connectivity index (χ0) is 19.4. The monoisotopic (exact) mass is 366 g/mol. The molecule has 0 spiro atoms. The predicted molar refractivity (Wildman–Crippen MR) is 97.9 cm³/mol. The van der Waals surface area contributed by atoms with Crippen LogP contribution in [0.3, 0.4) is 0 Å². The Hall–Kier alpha value is -3.55. The fraction of sp³-hybridized carbons (Fsp3) is 0.211. The maximum absolute atomic E-state index is 12.0. The average Bonchev–Trinajstić information content (AvgIpc) is 2.99. The normalized spacial score (nSPS) is 14.1. The minimum Gasteiger partial charge on any atom is -0.378 e. The number of rotatable bonds is 5. The minimum absolute atomic E-state index is 0.0565. The molecule has 1 aliphatic heterocycles. The van der Waals surface area contributed by atoms with Gasteiger partial charge < -0.3 is 9.74 Å². The molecule has 1 fully saturated rings. The van der Waals surface area contributed by atoms with Crippen molar-refractivity contribution in [2.45, 2.75) is 12.8 Å². The van der Waals surface area contributed by atoms with Crippen LogP contribution in [0, 0.1) is 0 Å². The molecule has 8 nitrogen and oxygen atoms in total. The van der Waals surface area contributed by atoms with Crippen LogP contribution in [0.25, 0.3) is 0 Å². The van der Waals surface area contributed by atoms with Crippen LogP contribution < -0.4 is 4.90 Å². The molecule has 138 valence electrons. The average molecular weight is 366 g/mol. The molecule has 3 rings (SSSR count). The van der Waals surface area contributed by atoms with E-state index < -0.39 is 17.8 Å². The van der Waals surface area contributed by atoms with Gasteiger partial charge in [0.15, 0.2) is 0 Å². The Bertz CT molecular complexity index is 873. The third kappa shape index (κ3) is 4.35. The summed E-state index contributed by atoms with van der Waals surface area (Å²) < 4.78 is 0. The van der Waals surface area contributed by atoms with E-state index in [0.29, 0.717) is 16.4 Å². The second kappa shape index (κ2) is 7.77. The highest BCUT2D eigenvalue weighted by Gasteiger charge is 2.33. The van der Waals surface area contributed by atoms with E-state index in [1.807, 2.05) is 43.3 Å². The van der Waals surface area contributed by atoms with Gasteiger partial charge in [0.2, 0.25) is 0 Å². The first-order valence-electron chi connectivity index (χ1n) is 8.31. The third-order valence-electron chi connectivity index (χ3n) is 3.93. The van der Waals surface area contributed by atoms with Crippen molar-refractivity contribution in [2.24, 2.45) is 10.2 Å². The molecule has 0 radical (unpaired) electrons. The Labute approximate surface area is 156 Å². The van der Waals surface area contributed by atoms with E-state index in [2.05, 4.69) is 10.2 Å². The van der Waals surface area contributed by atoms with Crippen LogP contribution in [0.15, 0.2) is 58.8 Å². The molecule has 8 heteroatoms. The largest absolute Gasteiger partial charge is 0.378 e. The fourth-order valence-electron chi connectivity index (χ4n) is 2.39. The number of benzene rings is 2. The molecule has 0 aromatic heterocycles. The summed E-state index contributed by atoms with van der Waals surface area (Å²) in [4.78, 5) is 41.9. The fourth-order valence-corrected chi connectivity index (χ4v) is 2.39. The van der Waals surface area contributed by atoms with Crippen molar-refractivity contribution >= 4 is 34.8 Å². The Morgan fingerprint density at radius 3 is 1.85 bits per heavy atom. The molecule has 0 N–H and O–H groups in total. The van der Waals surface area contributed by atoms with Crippen molar-refractivity contribution in [3.05, 3.63) is 54.1 Å². The molecular formula is C19H18N4O4. The quantitative estimate of drug-likeness (QED) is 0.597. The van der Waals surface area contributed by atoms with Crippen molar-refractivity contribution in [1.29, 1.82) is 0 Å². The highest BCUT2D eigenvalue weighted by atomic mass is 16.7. The number of nitrogens with zero attached hydrogens (tertiary/aromatic N) is 4. The standard InChI is InChI=1S/C19H18N4O4/c1-22(2)16-9-7-15(8-10-16)21-20-14-5-3-13(4-6-14)19(26)27-23-17(24)11-12-18(23)25/h3-10H,11-12H2,1-2H3/b21-20+. The Balaban J connectivity index is 1.63. The maximum Gasteiger partial charge on any atom is 0.363 e. The third-order valence-corrected chi connectivity index (χ3v) is 3.93. The number of hydroxylamine groups is 2. The van der Waals surface area contributed by atoms with Crippen LogP contribution in [-0.4, -0.2) is 36.9 Å². The summed E-state index contributed by atoms with van der Waals surface area (Å²) in [6.07, 6.45) is 0.113. The van der Waals surface area contributed by atoms with Gasteiger partial charge in [-0.3, -0.25) is 9.59 Å². The Morgan fingerprint density at radius 2 is 1.37 bits per heavy atom. The van der Waals surface area contributed by atoms with Crippen LogP contribution in [0.1, 0.15) is 23.2 Å². The van der Waals surface area contributed by atoms with Gasteiger partial charge in [0.25, 0.3) is 11.8 Å². The molecule has 0 bridgehead atoms. The summed E-state index contributed by atoms with van der Waals surface area (Å²) in [5, 5.41) is 8.79. The van der Waals surface area contributed by atoms with Gasteiger partial charge >= 0.3 is 5.97 Å². The Morgan fingerprint density at radius 1 is 0.889 bits per heavy atom. The van der Waals surface area contributed by atoms with Gasteiger partial charge in [0.05, 0.1) is 16.9 Å². The van der Waals surface area contributed by atoms with E-state index in [1.54, 1.807) is 12.1 Å². The first-order valence-corrected chi connectivity index (χ1v) is 8.31. The van der Waals surface area contributed by atoms with Crippen molar-refractivity contribution in [2.75, 3.05) is 19.0 Å². The van der Waals surface area contributed by atoms with Gasteiger partial charge in [0, 0.05) is 32.6 Å². The summed E-state index contributed by atoms with van der Waals surface area (Å²) >= 11 is 0. The lowest BCUT2D eigenvalue weighted by Gasteiger charge is -2.12. The van der Waals surface area contributed by atoms with Crippen LogP contribution in [-0.2, 0) is 14.4 Å². The van der Waals surface area contributed by atoms with E-state index in [4.69, 9.17) is 4.84 Å². The lowest BCUT2D eigenvalue weighted by atomic mass is 10.2. The summed E-state index contributed by atoms with van der Waals surface area (Å²) in [5.41, 5.74) is 2.52. The van der Waals surface area contributed by atoms with E-state index in [-0.39, 0.29) is 18.4 Å². The van der Waals surface area contributed by atoms with Gasteiger partial charge in [-0.2, -0.15) is 10.2 Å². The molecule has 0 atom stereocenters. The van der Waals surface area contributed by atoms with Crippen LogP contribution in [0.5, 0.6) is 0 Å². The SMILES string of the molecule is CN(C)c1ccc(/N=N/c2ccc(C(=O)ON3C(=O)CCC3=O)cc2)cc1. The number of carbonyl (C=O) groups is 3. The zero-order valence-electron chi connectivity index (χ0n) is 15.0. The molecule has 0 aliphatic carbocycles. The maximum atomic E-state index is 12.0. The summed E-state index contributed by atoms with van der Waals surface area (Å²) in [7, 11) is 3.91. The number of hydrogen-bond acceptors (Lipinski definition) is 7. The highest BCUT2D eigenvalue weighted by molar-refractivity contribution is 6.02. The van der Waals surface area contributed by atoms with Crippen LogP contribution in [0.2, 0.25) is 0 Å². The second-order valence-corrected chi connectivity index (χ2v) is 6.12. The molecule has 27 heavy (non-hydrogen) atoms. The molecule has 1 aliphatic rings. The molecular weight excluding hydrogens is 348 g/mol. The molecule has 0 saturated carbocycles. The molecule has 0 unspecified atom stereocenters. The van der Waals surface area contributed by atoms with Crippen LogP contribution >= 0.6 is 0 Å². The molecule has 1 heterocycles. The van der Waals surface area contributed by atoms with Gasteiger partial charge in [-0.1, -0.05) is 0 Å². The highest BCUT2D eigenvalue weighted by Crippen LogP contribution is 2.22. The first kappa shape index (κ1) is 18.2. The van der Waals surface area contributed by atoms with Gasteiger partial charge in [-0.05, 0) is 48.5 Å². The molecule has 2 aromatic carbocycles. The van der Waals surface area contributed by atoms with Gasteiger partial charge in [-0.15, -0.1) is 5.06 Å². The van der Waals surface area contributed by atoms with E-state index >= 15 is 0 Å². The topological polar surface area (TPSA) is 91.6 Å². The zero-order valence-corrected chi connectivity index (χ0v) is 15.0. The summed E-state index contributed by atoms with van der Waals surface area (Å²) in [6.45, 7) is 0. The van der Waals surface area contributed by atoms with Gasteiger partial charge in [-0.25, -0.2) is 4.79 Å². The number of carbonyl (C=O) groups excluding carboxylic acids is 3. The number of imide groups is 1. The number of hydrogen-bond donors (Lipinski definition) is 0. The van der Waals surface area contributed by atoms with Crippen molar-refractivity contribution in [3.63, 3.8) is 0 Å².